The Kier molecular flexibility index (Phi) is 4.14. The van der Waals surface area contributed by atoms with Crippen LogP contribution in [0, 0.1) is 0 Å². The molecule has 0 unspecified atom stereocenters. The third kappa shape index (κ3) is 2.70. The number of para-hydroxylation sites is 1. The summed E-state index contributed by atoms with van der Waals surface area (Å²) >= 11 is 0. The van der Waals surface area contributed by atoms with Crippen LogP contribution in [-0.2, 0) is 10.2 Å². The van der Waals surface area contributed by atoms with Gasteiger partial charge in [0.1, 0.15) is 0 Å². The summed E-state index contributed by atoms with van der Waals surface area (Å²) in [6, 6.07) is 11.5. The van der Waals surface area contributed by atoms with Crippen molar-refractivity contribution in [3.63, 3.8) is 0 Å². The summed E-state index contributed by atoms with van der Waals surface area (Å²) in [5.41, 5.74) is 3.01. The fourth-order valence-corrected chi connectivity index (χ4v) is 5.03. The maximum atomic E-state index is 5.55. The molecule has 136 valence electrons. The Morgan fingerprint density at radius 1 is 0.962 bits per heavy atom. The van der Waals surface area contributed by atoms with E-state index in [0.717, 1.165) is 25.7 Å². The lowest BCUT2D eigenvalue weighted by Crippen LogP contribution is -2.49. The van der Waals surface area contributed by atoms with E-state index < -0.39 is 0 Å². The highest BCUT2D eigenvalue weighted by molar-refractivity contribution is 5.69. The van der Waals surface area contributed by atoms with Crippen LogP contribution in [0.1, 0.15) is 31.2 Å². The van der Waals surface area contributed by atoms with Crippen molar-refractivity contribution >= 4 is 11.6 Å². The molecule has 0 N–H and O–H groups in total. The third-order valence-electron chi connectivity index (χ3n) is 6.48. The van der Waals surface area contributed by atoms with Crippen molar-refractivity contribution in [1.29, 1.82) is 0 Å². The van der Waals surface area contributed by atoms with Crippen molar-refractivity contribution in [2.45, 2.75) is 37.1 Å². The lowest BCUT2D eigenvalue weighted by molar-refractivity contribution is 0.0185. The molecular weight excluding hydrogens is 324 g/mol. The van der Waals surface area contributed by atoms with E-state index in [1.165, 1.54) is 50.0 Å². The predicted molar refractivity (Wildman–Crippen MR) is 102 cm³/mol. The van der Waals surface area contributed by atoms with Gasteiger partial charge in [-0.25, -0.2) is 9.97 Å². The number of aromatic nitrogens is 2. The number of rotatable bonds is 2. The molecule has 2 fully saturated rings. The van der Waals surface area contributed by atoms with Gasteiger partial charge in [0.15, 0.2) is 0 Å². The smallest absolute Gasteiger partial charge is 0.229 e. The Labute approximate surface area is 155 Å². The first-order valence-corrected chi connectivity index (χ1v) is 9.82. The van der Waals surface area contributed by atoms with Gasteiger partial charge in [0.2, 0.25) is 5.95 Å². The van der Waals surface area contributed by atoms with Gasteiger partial charge in [0.05, 0.1) is 0 Å². The number of anilines is 2. The van der Waals surface area contributed by atoms with Crippen LogP contribution in [-0.4, -0.2) is 53.8 Å². The molecule has 0 radical (unpaired) electrons. The molecule has 3 aliphatic rings. The molecule has 5 heteroatoms. The average molecular weight is 350 g/mol. The maximum absolute atomic E-state index is 5.55. The van der Waals surface area contributed by atoms with E-state index in [0.29, 0.717) is 6.04 Å². The maximum Gasteiger partial charge on any atom is 0.229 e. The van der Waals surface area contributed by atoms with Crippen LogP contribution in [0.4, 0.5) is 11.6 Å². The van der Waals surface area contributed by atoms with E-state index >= 15 is 0 Å². The molecule has 3 aliphatic heterocycles. The Morgan fingerprint density at radius 2 is 1.69 bits per heavy atom. The number of benzene rings is 1. The molecule has 0 atom stereocenters. The van der Waals surface area contributed by atoms with Gasteiger partial charge in [0, 0.05) is 49.3 Å². The highest BCUT2D eigenvalue weighted by Gasteiger charge is 2.46. The van der Waals surface area contributed by atoms with Crippen molar-refractivity contribution in [2.24, 2.45) is 0 Å². The average Bonchev–Trinajstić information content (AvgIpc) is 3.04. The summed E-state index contributed by atoms with van der Waals surface area (Å²) in [4.78, 5) is 14.1. The number of piperidine rings is 1. The van der Waals surface area contributed by atoms with Gasteiger partial charge in [-0.15, -0.1) is 0 Å². The van der Waals surface area contributed by atoms with Crippen molar-refractivity contribution in [1.82, 2.24) is 14.9 Å². The van der Waals surface area contributed by atoms with Gasteiger partial charge in [-0.05, 0) is 56.5 Å². The molecule has 2 saturated heterocycles. The zero-order valence-corrected chi connectivity index (χ0v) is 15.2. The van der Waals surface area contributed by atoms with E-state index in [1.54, 1.807) is 0 Å². The van der Waals surface area contributed by atoms with Crippen molar-refractivity contribution in [2.75, 3.05) is 37.7 Å². The first-order valence-electron chi connectivity index (χ1n) is 9.82. The van der Waals surface area contributed by atoms with E-state index in [4.69, 9.17) is 4.74 Å². The quantitative estimate of drug-likeness (QED) is 0.832. The molecule has 1 spiro atoms. The van der Waals surface area contributed by atoms with Gasteiger partial charge in [-0.3, -0.25) is 0 Å². The molecule has 5 nitrogen and oxygen atoms in total. The summed E-state index contributed by atoms with van der Waals surface area (Å²) in [5, 5.41) is 0. The van der Waals surface area contributed by atoms with Gasteiger partial charge >= 0.3 is 0 Å². The van der Waals surface area contributed by atoms with Crippen LogP contribution in [0.5, 0.6) is 0 Å². The van der Waals surface area contributed by atoms with Crippen LogP contribution >= 0.6 is 0 Å². The summed E-state index contributed by atoms with van der Waals surface area (Å²) in [6.07, 6.45) is 8.48. The molecule has 5 rings (SSSR count). The van der Waals surface area contributed by atoms with Gasteiger partial charge in [-0.2, -0.15) is 0 Å². The van der Waals surface area contributed by atoms with Crippen LogP contribution in [0.2, 0.25) is 0 Å². The second kappa shape index (κ2) is 6.63. The monoisotopic (exact) mass is 350 g/mol. The second-order valence-corrected chi connectivity index (χ2v) is 7.81. The molecular formula is C21H26N4O. The number of likely N-dealkylation sites (tertiary alicyclic amines) is 1. The van der Waals surface area contributed by atoms with E-state index in [1.807, 2.05) is 18.5 Å². The SMILES string of the molecule is c1cnc(N2CC3(CCN(C4CCOCC4)CC3)c3ccccc32)nc1. The predicted octanol–water partition coefficient (Wildman–Crippen LogP) is 3.14. The number of fused-ring (bicyclic) bond motifs is 2. The van der Waals surface area contributed by atoms with Crippen molar-refractivity contribution < 1.29 is 4.74 Å². The highest BCUT2D eigenvalue weighted by atomic mass is 16.5. The Hall–Kier alpha value is -1.98. The first kappa shape index (κ1) is 16.2. The van der Waals surface area contributed by atoms with Crippen LogP contribution in [0.3, 0.4) is 0 Å². The lowest BCUT2D eigenvalue weighted by atomic mass is 9.74. The Balaban J connectivity index is 1.40. The lowest BCUT2D eigenvalue weighted by Gasteiger charge is -2.44. The molecule has 0 aliphatic carbocycles. The Morgan fingerprint density at radius 3 is 2.46 bits per heavy atom. The molecule has 0 saturated carbocycles. The van der Waals surface area contributed by atoms with E-state index in [9.17, 15) is 0 Å². The summed E-state index contributed by atoms with van der Waals surface area (Å²) in [7, 11) is 0. The molecule has 0 bridgehead atoms. The van der Waals surface area contributed by atoms with Gasteiger partial charge in [-0.1, -0.05) is 18.2 Å². The fourth-order valence-electron chi connectivity index (χ4n) is 5.03. The number of hydrogen-bond acceptors (Lipinski definition) is 5. The molecule has 0 amide bonds. The first-order chi connectivity index (χ1) is 12.9. The third-order valence-corrected chi connectivity index (χ3v) is 6.48. The summed E-state index contributed by atoms with van der Waals surface area (Å²) < 4.78 is 5.55. The largest absolute Gasteiger partial charge is 0.381 e. The van der Waals surface area contributed by atoms with Crippen LogP contribution in [0.25, 0.3) is 0 Å². The summed E-state index contributed by atoms with van der Waals surface area (Å²) in [5.74, 6) is 0.823. The molecule has 4 heterocycles. The van der Waals surface area contributed by atoms with Gasteiger partial charge < -0.3 is 14.5 Å². The zero-order valence-electron chi connectivity index (χ0n) is 15.2. The number of ether oxygens (including phenoxy) is 1. The van der Waals surface area contributed by atoms with E-state index in [-0.39, 0.29) is 5.41 Å². The van der Waals surface area contributed by atoms with Crippen LogP contribution < -0.4 is 4.90 Å². The van der Waals surface area contributed by atoms with Crippen LogP contribution in [0.15, 0.2) is 42.7 Å². The topological polar surface area (TPSA) is 41.5 Å². The number of nitrogens with zero attached hydrogens (tertiary/aromatic N) is 4. The minimum atomic E-state index is 0.234. The minimum Gasteiger partial charge on any atom is -0.381 e. The molecule has 1 aromatic heterocycles. The van der Waals surface area contributed by atoms with Crippen molar-refractivity contribution in [3.05, 3.63) is 48.3 Å². The standard InChI is InChI=1S/C21H26N4O/c1-2-5-19-18(4-1)21(16-25(19)20-22-10-3-11-23-20)8-12-24(13-9-21)17-6-14-26-15-7-17/h1-5,10-11,17H,6-9,12-16H2. The van der Waals surface area contributed by atoms with Crippen molar-refractivity contribution in [3.8, 4) is 0 Å². The highest BCUT2D eigenvalue weighted by Crippen LogP contribution is 2.49. The fraction of sp³-hybridized carbons (Fsp3) is 0.524. The minimum absolute atomic E-state index is 0.234. The normalized spacial score (nSPS) is 23.3. The second-order valence-electron chi connectivity index (χ2n) is 7.81. The molecule has 26 heavy (non-hydrogen) atoms. The molecule has 2 aromatic rings. The van der Waals surface area contributed by atoms with Gasteiger partial charge in [0.25, 0.3) is 0 Å². The molecule has 1 aromatic carbocycles. The van der Waals surface area contributed by atoms with E-state index in [2.05, 4.69) is 44.0 Å². The number of hydrogen-bond donors (Lipinski definition) is 0. The zero-order chi connectivity index (χ0) is 17.4. The Bertz CT molecular complexity index is 752. The summed E-state index contributed by atoms with van der Waals surface area (Å²) in [6.45, 7) is 5.21.